The highest BCUT2D eigenvalue weighted by Crippen LogP contribution is 2.25. The molecule has 1 aromatic heterocycles. The van der Waals surface area contributed by atoms with Gasteiger partial charge in [-0.15, -0.1) is 0 Å². The lowest BCUT2D eigenvalue weighted by Gasteiger charge is -2.17. The number of rotatable bonds is 1. The van der Waals surface area contributed by atoms with Crippen LogP contribution in [0.5, 0.6) is 0 Å². The van der Waals surface area contributed by atoms with Gasteiger partial charge in [-0.05, 0) is 30.3 Å². The lowest BCUT2D eigenvalue weighted by Crippen LogP contribution is -2.88. The summed E-state index contributed by atoms with van der Waals surface area (Å²) in [6.45, 7) is 0. The number of H-pyrrole nitrogens is 1. The molecule has 1 atom stereocenters. The van der Waals surface area contributed by atoms with Crippen LogP contribution in [0.3, 0.4) is 0 Å². The summed E-state index contributed by atoms with van der Waals surface area (Å²) in [6.07, 6.45) is -0.225. The van der Waals surface area contributed by atoms with Crippen molar-refractivity contribution in [3.8, 4) is 0 Å². The summed E-state index contributed by atoms with van der Waals surface area (Å²) in [5.74, 6) is 1.26. The number of nitrogens with zero attached hydrogens (tertiary/aromatic N) is 1. The number of halogens is 2. The normalized spacial score (nSPS) is 17.0. The van der Waals surface area contributed by atoms with Gasteiger partial charge >= 0.3 is 11.9 Å². The van der Waals surface area contributed by atoms with Crippen LogP contribution in [-0.4, -0.2) is 10.9 Å². The molecule has 0 saturated carbocycles. The van der Waals surface area contributed by atoms with E-state index in [9.17, 15) is 0 Å². The smallest absolute Gasteiger partial charge is 0.290 e. The minimum Gasteiger partial charge on any atom is -0.290 e. The monoisotopic (exact) mass is 333 g/mol. The Hall–Kier alpha value is -2.24. The molecule has 0 spiro atoms. The van der Waals surface area contributed by atoms with Crippen molar-refractivity contribution in [2.75, 3.05) is 5.32 Å². The second-order valence-electron chi connectivity index (χ2n) is 5.11. The van der Waals surface area contributed by atoms with E-state index in [1.54, 1.807) is 6.07 Å². The summed E-state index contributed by atoms with van der Waals surface area (Å²) in [7, 11) is 0. The number of imidazole rings is 1. The zero-order chi connectivity index (χ0) is 15.3. The first kappa shape index (κ1) is 13.4. The third-order valence-electron chi connectivity index (χ3n) is 3.72. The molecule has 0 unspecified atom stereocenters. The Labute approximate surface area is 136 Å². The van der Waals surface area contributed by atoms with Gasteiger partial charge in [0.15, 0.2) is 0 Å². The third kappa shape index (κ3) is 2.01. The maximum Gasteiger partial charge on any atom is 0.368 e. The Morgan fingerprint density at radius 1 is 1.14 bits per heavy atom. The van der Waals surface area contributed by atoms with Gasteiger partial charge in [0.05, 0.1) is 5.02 Å². The SMILES string of the molecule is NC1=[NH+][C@H](c2ccc(Cl)cc2Cl)[n+]2c([nH]c3ccccc32)N1. The average Bonchev–Trinajstić information content (AvgIpc) is 2.84. The molecule has 0 bridgehead atoms. The largest absolute Gasteiger partial charge is 0.368 e. The van der Waals surface area contributed by atoms with Crippen LogP contribution in [0.2, 0.25) is 10.0 Å². The number of guanidine groups is 1. The molecule has 7 heteroatoms. The first-order chi connectivity index (χ1) is 10.6. The summed E-state index contributed by atoms with van der Waals surface area (Å²) in [5.41, 5.74) is 8.92. The van der Waals surface area contributed by atoms with Crippen LogP contribution in [0.4, 0.5) is 5.95 Å². The topological polar surface area (TPSA) is 71.7 Å². The van der Waals surface area contributed by atoms with Crippen molar-refractivity contribution in [3.05, 3.63) is 58.1 Å². The van der Waals surface area contributed by atoms with E-state index in [0.29, 0.717) is 16.0 Å². The van der Waals surface area contributed by atoms with Crippen molar-refractivity contribution in [2.24, 2.45) is 5.73 Å². The molecular formula is C15H13Cl2N5+2. The van der Waals surface area contributed by atoms with Crippen molar-refractivity contribution in [1.82, 2.24) is 4.98 Å². The number of para-hydroxylation sites is 2. The predicted molar refractivity (Wildman–Crippen MR) is 86.9 cm³/mol. The van der Waals surface area contributed by atoms with Crippen LogP contribution in [0.25, 0.3) is 11.0 Å². The summed E-state index contributed by atoms with van der Waals surface area (Å²) < 4.78 is 2.08. The van der Waals surface area contributed by atoms with Crippen molar-refractivity contribution in [2.45, 2.75) is 6.17 Å². The minimum absolute atomic E-state index is 0.225. The first-order valence-electron chi connectivity index (χ1n) is 6.76. The van der Waals surface area contributed by atoms with E-state index < -0.39 is 0 Å². The summed E-state index contributed by atoms with van der Waals surface area (Å²) in [6, 6.07) is 13.5. The van der Waals surface area contributed by atoms with E-state index in [1.165, 1.54) is 0 Å². The molecule has 0 radical (unpaired) electrons. The molecule has 3 aromatic rings. The highest BCUT2D eigenvalue weighted by Gasteiger charge is 2.33. The van der Waals surface area contributed by atoms with Crippen LogP contribution in [-0.2, 0) is 0 Å². The number of benzene rings is 2. The molecule has 2 heterocycles. The van der Waals surface area contributed by atoms with Crippen molar-refractivity contribution >= 4 is 46.1 Å². The summed E-state index contributed by atoms with van der Waals surface area (Å²) in [4.78, 5) is 6.55. The van der Waals surface area contributed by atoms with Gasteiger partial charge in [0, 0.05) is 10.6 Å². The second kappa shape index (κ2) is 4.90. The van der Waals surface area contributed by atoms with Crippen LogP contribution < -0.4 is 20.6 Å². The molecule has 4 rings (SSSR count). The Bertz CT molecular complexity index is 915. The summed E-state index contributed by atoms with van der Waals surface area (Å²) in [5, 5.41) is 4.29. The van der Waals surface area contributed by atoms with Gasteiger partial charge in [-0.3, -0.25) is 5.73 Å². The number of nitrogens with one attached hydrogen (secondary N) is 3. The number of aromatic amines is 1. The van der Waals surface area contributed by atoms with Crippen molar-refractivity contribution in [1.29, 1.82) is 0 Å². The van der Waals surface area contributed by atoms with Crippen LogP contribution in [0, 0.1) is 0 Å². The molecular weight excluding hydrogens is 321 g/mol. The van der Waals surface area contributed by atoms with E-state index in [1.807, 2.05) is 36.4 Å². The maximum atomic E-state index is 6.38. The molecule has 0 fully saturated rings. The fourth-order valence-corrected chi connectivity index (χ4v) is 3.28. The summed E-state index contributed by atoms with van der Waals surface area (Å²) >= 11 is 12.4. The predicted octanol–water partition coefficient (Wildman–Crippen LogP) is 1.13. The van der Waals surface area contributed by atoms with Gasteiger partial charge < -0.3 is 0 Å². The van der Waals surface area contributed by atoms with Gasteiger partial charge in [0.2, 0.25) is 6.17 Å². The van der Waals surface area contributed by atoms with E-state index >= 15 is 0 Å². The lowest BCUT2D eigenvalue weighted by molar-refractivity contribution is -0.840. The van der Waals surface area contributed by atoms with Gasteiger partial charge in [-0.2, -0.15) is 9.88 Å². The molecule has 5 nitrogen and oxygen atoms in total. The third-order valence-corrected chi connectivity index (χ3v) is 4.28. The average molecular weight is 334 g/mol. The number of hydrogen-bond donors (Lipinski definition) is 4. The first-order valence-corrected chi connectivity index (χ1v) is 7.52. The van der Waals surface area contributed by atoms with E-state index in [0.717, 1.165) is 22.5 Å². The number of fused-ring (bicyclic) bond motifs is 3. The molecule has 5 N–H and O–H groups in total. The van der Waals surface area contributed by atoms with E-state index in [4.69, 9.17) is 28.9 Å². The molecule has 22 heavy (non-hydrogen) atoms. The van der Waals surface area contributed by atoms with Crippen LogP contribution in [0.1, 0.15) is 11.7 Å². The van der Waals surface area contributed by atoms with E-state index in [2.05, 4.69) is 19.9 Å². The molecule has 0 amide bonds. The van der Waals surface area contributed by atoms with Gasteiger partial charge in [-0.1, -0.05) is 35.3 Å². The number of anilines is 1. The van der Waals surface area contributed by atoms with Crippen molar-refractivity contribution < 1.29 is 9.56 Å². The fraction of sp³-hybridized carbons (Fsp3) is 0.0667. The van der Waals surface area contributed by atoms with Crippen LogP contribution in [0.15, 0.2) is 42.5 Å². The highest BCUT2D eigenvalue weighted by molar-refractivity contribution is 6.35. The molecule has 110 valence electrons. The quantitative estimate of drug-likeness (QED) is 0.504. The Morgan fingerprint density at radius 2 is 1.95 bits per heavy atom. The number of hydrogen-bond acceptors (Lipinski definition) is 2. The Balaban J connectivity index is 1.98. The van der Waals surface area contributed by atoms with Crippen LogP contribution >= 0.6 is 23.2 Å². The molecule has 1 aliphatic rings. The van der Waals surface area contributed by atoms with Gasteiger partial charge in [0.1, 0.15) is 11.0 Å². The number of aromatic nitrogens is 2. The minimum atomic E-state index is -0.225. The fourth-order valence-electron chi connectivity index (χ4n) is 2.77. The van der Waals surface area contributed by atoms with Gasteiger partial charge in [-0.25, -0.2) is 9.98 Å². The zero-order valence-electron chi connectivity index (χ0n) is 11.4. The van der Waals surface area contributed by atoms with Gasteiger partial charge in [0.25, 0.3) is 0 Å². The Morgan fingerprint density at radius 3 is 2.77 bits per heavy atom. The zero-order valence-corrected chi connectivity index (χ0v) is 12.9. The molecule has 2 aromatic carbocycles. The second-order valence-corrected chi connectivity index (χ2v) is 5.96. The Kier molecular flexibility index (Phi) is 2.99. The lowest BCUT2D eigenvalue weighted by atomic mass is 10.1. The molecule has 1 aliphatic heterocycles. The van der Waals surface area contributed by atoms with E-state index in [-0.39, 0.29) is 6.17 Å². The molecule has 0 saturated heterocycles. The number of nitrogens with two attached hydrogens (primary N) is 1. The maximum absolute atomic E-state index is 6.38. The van der Waals surface area contributed by atoms with Crippen molar-refractivity contribution in [3.63, 3.8) is 0 Å². The highest BCUT2D eigenvalue weighted by atomic mass is 35.5. The standard InChI is InChI=1S/C15H11Cl2N5/c16-8-5-6-9(10(17)7-8)13-20-14(18)21-15-19-11-3-1-2-4-12(11)22(13)15/h1-7,13H,(H3,18,19,20,21)/p+2/t13-/m0/s1. The molecule has 0 aliphatic carbocycles.